The van der Waals surface area contributed by atoms with Gasteiger partial charge in [-0.1, -0.05) is 0 Å². The molecule has 2 rings (SSSR count). The number of piperidine rings is 1. The fraction of sp³-hybridized carbons (Fsp3) is 0.583. The molecule has 0 bridgehead atoms. The summed E-state index contributed by atoms with van der Waals surface area (Å²) in [6.07, 6.45) is 3.89. The molecule has 1 aromatic heterocycles. The average molecular weight is 224 g/mol. The van der Waals surface area contributed by atoms with E-state index in [0.29, 0.717) is 12.5 Å². The van der Waals surface area contributed by atoms with Crippen molar-refractivity contribution >= 4 is 0 Å². The highest BCUT2D eigenvalue weighted by Gasteiger charge is 2.18. The van der Waals surface area contributed by atoms with Gasteiger partial charge >= 0.3 is 0 Å². The van der Waals surface area contributed by atoms with Crippen LogP contribution in [0.5, 0.6) is 5.88 Å². The SMILES string of the molecule is CN1CCCC(COc2ncccc2F)C1. The van der Waals surface area contributed by atoms with Crippen LogP contribution in [-0.2, 0) is 0 Å². The molecule has 0 N–H and O–H groups in total. The Hall–Kier alpha value is -1.16. The lowest BCUT2D eigenvalue weighted by Crippen LogP contribution is -2.34. The zero-order chi connectivity index (χ0) is 11.4. The third-order valence-electron chi connectivity index (χ3n) is 2.90. The number of ether oxygens (including phenoxy) is 1. The highest BCUT2D eigenvalue weighted by Crippen LogP contribution is 2.18. The van der Waals surface area contributed by atoms with Crippen molar-refractivity contribution in [2.45, 2.75) is 12.8 Å². The van der Waals surface area contributed by atoms with E-state index in [1.165, 1.54) is 12.5 Å². The van der Waals surface area contributed by atoms with E-state index in [2.05, 4.69) is 16.9 Å². The summed E-state index contributed by atoms with van der Waals surface area (Å²) in [6.45, 7) is 2.72. The van der Waals surface area contributed by atoms with E-state index in [-0.39, 0.29) is 11.7 Å². The lowest BCUT2D eigenvalue weighted by atomic mass is 10.00. The molecular weight excluding hydrogens is 207 g/mol. The number of pyridine rings is 1. The summed E-state index contributed by atoms with van der Waals surface area (Å²) in [4.78, 5) is 6.15. The van der Waals surface area contributed by atoms with E-state index >= 15 is 0 Å². The van der Waals surface area contributed by atoms with E-state index in [1.54, 1.807) is 12.3 Å². The van der Waals surface area contributed by atoms with Gasteiger partial charge in [-0.25, -0.2) is 9.37 Å². The minimum atomic E-state index is -0.383. The Kier molecular flexibility index (Phi) is 3.72. The van der Waals surface area contributed by atoms with Crippen LogP contribution in [0.4, 0.5) is 4.39 Å². The van der Waals surface area contributed by atoms with Crippen molar-refractivity contribution in [2.75, 3.05) is 26.7 Å². The standard InChI is InChI=1S/C12H17FN2O/c1-15-7-3-4-10(8-15)9-16-12-11(13)5-2-6-14-12/h2,5-6,10H,3-4,7-9H2,1H3. The molecule has 2 heterocycles. The van der Waals surface area contributed by atoms with E-state index < -0.39 is 0 Å². The van der Waals surface area contributed by atoms with Gasteiger partial charge in [-0.05, 0) is 38.6 Å². The first-order chi connectivity index (χ1) is 7.75. The second-order valence-electron chi connectivity index (χ2n) is 4.37. The Morgan fingerprint density at radius 2 is 2.50 bits per heavy atom. The number of hydrogen-bond acceptors (Lipinski definition) is 3. The summed E-state index contributed by atoms with van der Waals surface area (Å²) in [5, 5.41) is 0. The van der Waals surface area contributed by atoms with Crippen LogP contribution in [0.3, 0.4) is 0 Å². The smallest absolute Gasteiger partial charge is 0.250 e. The van der Waals surface area contributed by atoms with Gasteiger partial charge in [-0.3, -0.25) is 0 Å². The molecule has 4 heteroatoms. The van der Waals surface area contributed by atoms with Gasteiger partial charge in [0.15, 0.2) is 5.82 Å². The van der Waals surface area contributed by atoms with Gasteiger partial charge in [-0.2, -0.15) is 0 Å². The van der Waals surface area contributed by atoms with Crippen molar-refractivity contribution in [3.63, 3.8) is 0 Å². The molecule has 3 nitrogen and oxygen atoms in total. The molecule has 1 saturated heterocycles. The zero-order valence-electron chi connectivity index (χ0n) is 9.53. The molecular formula is C12H17FN2O. The molecule has 0 saturated carbocycles. The van der Waals surface area contributed by atoms with Crippen molar-refractivity contribution in [2.24, 2.45) is 5.92 Å². The maximum absolute atomic E-state index is 13.2. The number of aromatic nitrogens is 1. The molecule has 1 aromatic rings. The van der Waals surface area contributed by atoms with Gasteiger partial charge in [0.05, 0.1) is 6.61 Å². The van der Waals surface area contributed by atoms with Gasteiger partial charge in [0.25, 0.3) is 0 Å². The normalized spacial score (nSPS) is 22.0. The number of rotatable bonds is 3. The first-order valence-corrected chi connectivity index (χ1v) is 5.67. The van der Waals surface area contributed by atoms with Crippen molar-refractivity contribution in [3.8, 4) is 5.88 Å². The van der Waals surface area contributed by atoms with Crippen molar-refractivity contribution in [3.05, 3.63) is 24.1 Å². The van der Waals surface area contributed by atoms with Crippen LogP contribution in [0.15, 0.2) is 18.3 Å². The zero-order valence-corrected chi connectivity index (χ0v) is 9.53. The Balaban J connectivity index is 1.85. The van der Waals surface area contributed by atoms with Gasteiger partial charge in [-0.15, -0.1) is 0 Å². The van der Waals surface area contributed by atoms with E-state index in [0.717, 1.165) is 19.5 Å². The molecule has 0 aliphatic carbocycles. The maximum Gasteiger partial charge on any atom is 0.250 e. The highest BCUT2D eigenvalue weighted by atomic mass is 19.1. The minimum Gasteiger partial charge on any atom is -0.475 e. The second kappa shape index (κ2) is 5.25. The monoisotopic (exact) mass is 224 g/mol. The van der Waals surface area contributed by atoms with Crippen LogP contribution < -0.4 is 4.74 Å². The lowest BCUT2D eigenvalue weighted by Gasteiger charge is -2.29. The fourth-order valence-electron chi connectivity index (χ4n) is 2.08. The largest absolute Gasteiger partial charge is 0.475 e. The minimum absolute atomic E-state index is 0.121. The molecule has 0 radical (unpaired) electrons. The van der Waals surface area contributed by atoms with Crippen LogP contribution in [-0.4, -0.2) is 36.6 Å². The summed E-state index contributed by atoms with van der Waals surface area (Å²) in [7, 11) is 2.10. The van der Waals surface area contributed by atoms with Gasteiger partial charge in [0, 0.05) is 18.7 Å². The van der Waals surface area contributed by atoms with Crippen molar-refractivity contribution in [1.29, 1.82) is 0 Å². The van der Waals surface area contributed by atoms with Crippen LogP contribution in [0, 0.1) is 11.7 Å². The van der Waals surface area contributed by atoms with E-state index in [1.807, 2.05) is 0 Å². The predicted molar refractivity (Wildman–Crippen MR) is 59.9 cm³/mol. The fourth-order valence-corrected chi connectivity index (χ4v) is 2.08. The first kappa shape index (κ1) is 11.3. The molecule has 0 spiro atoms. The highest BCUT2D eigenvalue weighted by molar-refractivity contribution is 5.12. The second-order valence-corrected chi connectivity index (χ2v) is 4.37. The molecule has 1 fully saturated rings. The first-order valence-electron chi connectivity index (χ1n) is 5.67. The van der Waals surface area contributed by atoms with Crippen LogP contribution in [0.2, 0.25) is 0 Å². The Morgan fingerprint density at radius 1 is 1.62 bits per heavy atom. The Bertz CT molecular complexity index is 346. The third kappa shape index (κ3) is 2.92. The Morgan fingerprint density at radius 3 is 3.25 bits per heavy atom. The van der Waals surface area contributed by atoms with Crippen LogP contribution in [0.1, 0.15) is 12.8 Å². The van der Waals surface area contributed by atoms with Crippen LogP contribution in [0.25, 0.3) is 0 Å². The number of nitrogens with zero attached hydrogens (tertiary/aromatic N) is 2. The summed E-state index contributed by atoms with van der Waals surface area (Å²) < 4.78 is 18.6. The predicted octanol–water partition coefficient (Wildman–Crippen LogP) is 1.94. The molecule has 16 heavy (non-hydrogen) atoms. The number of hydrogen-bond donors (Lipinski definition) is 0. The number of halogens is 1. The molecule has 88 valence electrons. The van der Waals surface area contributed by atoms with Crippen LogP contribution >= 0.6 is 0 Å². The summed E-state index contributed by atoms with van der Waals surface area (Å²) >= 11 is 0. The summed E-state index contributed by atoms with van der Waals surface area (Å²) in [5.74, 6) is 0.225. The Labute approximate surface area is 95.2 Å². The molecule has 1 atom stereocenters. The molecule has 1 aliphatic rings. The summed E-state index contributed by atoms with van der Waals surface area (Å²) in [5.41, 5.74) is 0. The van der Waals surface area contributed by atoms with Gasteiger partial charge in [0.1, 0.15) is 0 Å². The molecule has 0 amide bonds. The quantitative estimate of drug-likeness (QED) is 0.784. The van der Waals surface area contributed by atoms with Crippen molar-refractivity contribution in [1.82, 2.24) is 9.88 Å². The topological polar surface area (TPSA) is 25.4 Å². The molecule has 1 aliphatic heterocycles. The summed E-state index contributed by atoms with van der Waals surface area (Å²) in [6, 6.07) is 2.94. The van der Waals surface area contributed by atoms with Crippen molar-refractivity contribution < 1.29 is 9.13 Å². The van der Waals surface area contributed by atoms with Gasteiger partial charge in [0.2, 0.25) is 5.88 Å². The molecule has 1 unspecified atom stereocenters. The average Bonchev–Trinajstić information content (AvgIpc) is 2.28. The lowest BCUT2D eigenvalue weighted by molar-refractivity contribution is 0.144. The van der Waals surface area contributed by atoms with Gasteiger partial charge < -0.3 is 9.64 Å². The van der Waals surface area contributed by atoms with E-state index in [4.69, 9.17) is 4.74 Å². The number of likely N-dealkylation sites (tertiary alicyclic amines) is 1. The molecule has 0 aromatic carbocycles. The third-order valence-corrected chi connectivity index (χ3v) is 2.90. The maximum atomic E-state index is 13.2. The van der Waals surface area contributed by atoms with E-state index in [9.17, 15) is 4.39 Å².